The number of amides is 1. The number of anilines is 1. The zero-order chi connectivity index (χ0) is 22.6. The first-order valence-electron chi connectivity index (χ1n) is 9.09. The first-order chi connectivity index (χ1) is 14.7. The lowest BCUT2D eigenvalue weighted by molar-refractivity contribution is -0.384. The Hall–Kier alpha value is -3.79. The van der Waals surface area contributed by atoms with Gasteiger partial charge in [-0.2, -0.15) is 0 Å². The molecule has 3 rings (SSSR count). The fourth-order valence-corrected chi connectivity index (χ4v) is 3.85. The highest BCUT2D eigenvalue weighted by Gasteiger charge is 2.16. The van der Waals surface area contributed by atoms with Crippen LogP contribution in [0, 0.1) is 15.9 Å². The third-order valence-electron chi connectivity index (χ3n) is 4.45. The minimum atomic E-state index is -3.90. The predicted octanol–water partition coefficient (Wildman–Crippen LogP) is 4.03. The van der Waals surface area contributed by atoms with E-state index in [4.69, 9.17) is 0 Å². The number of nitro benzene ring substituents is 1. The van der Waals surface area contributed by atoms with E-state index in [9.17, 15) is 27.7 Å². The number of hydrogen-bond acceptors (Lipinski definition) is 5. The number of nitro groups is 1. The fraction of sp³-hybridized carbons (Fsp3) is 0.0952. The summed E-state index contributed by atoms with van der Waals surface area (Å²) in [4.78, 5) is 22.8. The van der Waals surface area contributed by atoms with Gasteiger partial charge in [-0.15, -0.1) is 0 Å². The number of non-ortho nitro benzene ring substituents is 1. The van der Waals surface area contributed by atoms with Crippen LogP contribution in [0.1, 0.15) is 28.9 Å². The first kappa shape index (κ1) is 21.9. The summed E-state index contributed by atoms with van der Waals surface area (Å²) in [5.74, 6) is -0.972. The largest absolute Gasteiger partial charge is 0.346 e. The maximum absolute atomic E-state index is 13.0. The number of hydrogen-bond donors (Lipinski definition) is 2. The fourth-order valence-electron chi connectivity index (χ4n) is 2.79. The summed E-state index contributed by atoms with van der Waals surface area (Å²) >= 11 is 0. The molecule has 0 fully saturated rings. The molecule has 10 heteroatoms. The molecular formula is C21H18FN3O5S. The molecule has 0 aliphatic rings. The van der Waals surface area contributed by atoms with Crippen LogP contribution in [-0.4, -0.2) is 19.2 Å². The molecule has 8 nitrogen and oxygen atoms in total. The molecule has 0 aliphatic carbocycles. The average Bonchev–Trinajstić information content (AvgIpc) is 2.74. The molecular weight excluding hydrogens is 425 g/mol. The number of carbonyl (C=O) groups is 1. The Bertz CT molecular complexity index is 1210. The molecule has 0 heterocycles. The summed E-state index contributed by atoms with van der Waals surface area (Å²) in [5, 5.41) is 13.7. The van der Waals surface area contributed by atoms with Gasteiger partial charge in [0.25, 0.3) is 21.6 Å². The molecule has 3 aromatic rings. The van der Waals surface area contributed by atoms with Crippen molar-refractivity contribution in [1.82, 2.24) is 5.32 Å². The van der Waals surface area contributed by atoms with Crippen LogP contribution in [0.15, 0.2) is 77.7 Å². The SMILES string of the molecule is CC(NC(=O)c1ccc(NS(=O)(=O)c2ccc(F)cc2)cc1)c1cccc([N+](=O)[O-])c1. The number of carbonyl (C=O) groups excluding carboxylic acids is 1. The summed E-state index contributed by atoms with van der Waals surface area (Å²) < 4.78 is 40.0. The van der Waals surface area contributed by atoms with Crippen LogP contribution < -0.4 is 10.0 Å². The third-order valence-corrected chi connectivity index (χ3v) is 5.85. The lowest BCUT2D eigenvalue weighted by Crippen LogP contribution is -2.26. The Balaban J connectivity index is 1.68. The van der Waals surface area contributed by atoms with Gasteiger partial charge in [-0.25, -0.2) is 12.8 Å². The number of nitrogens with one attached hydrogen (secondary N) is 2. The average molecular weight is 443 g/mol. The summed E-state index contributed by atoms with van der Waals surface area (Å²) in [6.07, 6.45) is 0. The van der Waals surface area contributed by atoms with E-state index < -0.39 is 32.7 Å². The summed E-state index contributed by atoms with van der Waals surface area (Å²) in [6, 6.07) is 15.6. The van der Waals surface area contributed by atoms with Gasteiger partial charge in [0, 0.05) is 23.4 Å². The molecule has 3 aromatic carbocycles. The highest BCUT2D eigenvalue weighted by Crippen LogP contribution is 2.20. The highest BCUT2D eigenvalue weighted by atomic mass is 32.2. The second-order valence-electron chi connectivity index (χ2n) is 6.68. The van der Waals surface area contributed by atoms with Crippen molar-refractivity contribution in [2.24, 2.45) is 0 Å². The van der Waals surface area contributed by atoms with Gasteiger partial charge in [0.05, 0.1) is 15.9 Å². The molecule has 0 aliphatic heterocycles. The molecule has 0 radical (unpaired) electrons. The van der Waals surface area contributed by atoms with Crippen molar-refractivity contribution in [3.05, 3.63) is 99.9 Å². The molecule has 1 unspecified atom stereocenters. The molecule has 0 saturated heterocycles. The van der Waals surface area contributed by atoms with Crippen LogP contribution in [0.4, 0.5) is 15.8 Å². The number of nitrogens with zero attached hydrogens (tertiary/aromatic N) is 1. The number of halogens is 1. The smallest absolute Gasteiger partial charge is 0.269 e. The maximum Gasteiger partial charge on any atom is 0.269 e. The Labute approximate surface area is 177 Å². The van der Waals surface area contributed by atoms with E-state index in [2.05, 4.69) is 10.0 Å². The van der Waals surface area contributed by atoms with Crippen molar-refractivity contribution < 1.29 is 22.5 Å². The molecule has 0 aromatic heterocycles. The molecule has 0 bridgehead atoms. The van der Waals surface area contributed by atoms with Crippen LogP contribution >= 0.6 is 0 Å². The van der Waals surface area contributed by atoms with E-state index in [0.717, 1.165) is 24.3 Å². The van der Waals surface area contributed by atoms with E-state index in [1.807, 2.05) is 0 Å². The zero-order valence-electron chi connectivity index (χ0n) is 16.3. The molecule has 2 N–H and O–H groups in total. The van der Waals surface area contributed by atoms with Crippen LogP contribution in [0.25, 0.3) is 0 Å². The maximum atomic E-state index is 13.0. The first-order valence-corrected chi connectivity index (χ1v) is 10.6. The zero-order valence-corrected chi connectivity index (χ0v) is 17.1. The van der Waals surface area contributed by atoms with Crippen molar-refractivity contribution in [1.29, 1.82) is 0 Å². The van der Waals surface area contributed by atoms with Crippen LogP contribution in [0.3, 0.4) is 0 Å². The number of benzene rings is 3. The Kier molecular flexibility index (Phi) is 6.30. The molecule has 0 spiro atoms. The summed E-state index contributed by atoms with van der Waals surface area (Å²) in [6.45, 7) is 1.70. The number of rotatable bonds is 7. The van der Waals surface area contributed by atoms with Gasteiger partial charge in [0.1, 0.15) is 5.82 Å². The van der Waals surface area contributed by atoms with Gasteiger partial charge in [0.15, 0.2) is 0 Å². The monoisotopic (exact) mass is 443 g/mol. The van der Waals surface area contributed by atoms with Crippen LogP contribution in [0.5, 0.6) is 0 Å². The normalized spacial score (nSPS) is 12.1. The molecule has 1 amide bonds. The summed E-state index contributed by atoms with van der Waals surface area (Å²) in [7, 11) is -3.90. The minimum Gasteiger partial charge on any atom is -0.346 e. The van der Waals surface area contributed by atoms with E-state index in [0.29, 0.717) is 5.56 Å². The topological polar surface area (TPSA) is 118 Å². The van der Waals surface area contributed by atoms with Crippen molar-refractivity contribution in [2.45, 2.75) is 17.9 Å². The van der Waals surface area contributed by atoms with Crippen molar-refractivity contribution in [3.63, 3.8) is 0 Å². The van der Waals surface area contributed by atoms with Gasteiger partial charge in [-0.1, -0.05) is 12.1 Å². The molecule has 160 valence electrons. The highest BCUT2D eigenvalue weighted by molar-refractivity contribution is 7.92. The van der Waals surface area contributed by atoms with Crippen LogP contribution in [0.2, 0.25) is 0 Å². The van der Waals surface area contributed by atoms with Crippen LogP contribution in [-0.2, 0) is 10.0 Å². The molecule has 0 saturated carbocycles. The summed E-state index contributed by atoms with van der Waals surface area (Å²) in [5.41, 5.74) is 1.01. The Morgan fingerprint density at radius 1 is 1.03 bits per heavy atom. The van der Waals surface area contributed by atoms with E-state index in [1.165, 1.54) is 42.5 Å². The van der Waals surface area contributed by atoms with E-state index >= 15 is 0 Å². The standard InChI is InChI=1S/C21H18FN3O5S/c1-14(16-3-2-4-19(13-16)25(27)28)23-21(26)15-5-9-18(10-6-15)24-31(29,30)20-11-7-17(22)8-12-20/h2-14,24H,1H3,(H,23,26). The van der Waals surface area contributed by atoms with E-state index in [1.54, 1.807) is 13.0 Å². The predicted molar refractivity (Wildman–Crippen MR) is 113 cm³/mol. The minimum absolute atomic E-state index is 0.0728. The van der Waals surface area contributed by atoms with Crippen molar-refractivity contribution >= 4 is 27.3 Å². The Morgan fingerprint density at radius 3 is 2.29 bits per heavy atom. The van der Waals surface area contributed by atoms with Crippen molar-refractivity contribution in [3.8, 4) is 0 Å². The second-order valence-corrected chi connectivity index (χ2v) is 8.37. The quantitative estimate of drug-likeness (QED) is 0.422. The lowest BCUT2D eigenvalue weighted by atomic mass is 10.1. The van der Waals surface area contributed by atoms with Gasteiger partial charge in [-0.05, 0) is 61.0 Å². The molecule has 1 atom stereocenters. The van der Waals surface area contributed by atoms with Gasteiger partial charge in [0.2, 0.25) is 0 Å². The number of sulfonamides is 1. The van der Waals surface area contributed by atoms with Gasteiger partial charge < -0.3 is 5.32 Å². The lowest BCUT2D eigenvalue weighted by Gasteiger charge is -2.14. The van der Waals surface area contributed by atoms with E-state index in [-0.39, 0.29) is 21.8 Å². The third kappa shape index (κ3) is 5.43. The van der Waals surface area contributed by atoms with Gasteiger partial charge in [-0.3, -0.25) is 19.6 Å². The Morgan fingerprint density at radius 2 is 1.68 bits per heavy atom. The molecule has 31 heavy (non-hydrogen) atoms. The van der Waals surface area contributed by atoms with Gasteiger partial charge >= 0.3 is 0 Å². The second kappa shape index (κ2) is 8.92. The van der Waals surface area contributed by atoms with Crippen molar-refractivity contribution in [2.75, 3.05) is 4.72 Å².